The first-order valence-electron chi connectivity index (χ1n) is 6.92. The van der Waals surface area contributed by atoms with Gasteiger partial charge in [0.1, 0.15) is 12.2 Å². The maximum Gasteiger partial charge on any atom is 0.138 e. The van der Waals surface area contributed by atoms with E-state index in [4.69, 9.17) is 0 Å². The number of nitrogens with one attached hydrogen (secondary N) is 1. The summed E-state index contributed by atoms with van der Waals surface area (Å²) in [5, 5.41) is 7.47. The van der Waals surface area contributed by atoms with Gasteiger partial charge in [-0.15, -0.1) is 11.8 Å². The van der Waals surface area contributed by atoms with E-state index < -0.39 is 0 Å². The minimum Gasteiger partial charge on any atom is -0.316 e. The van der Waals surface area contributed by atoms with Crippen LogP contribution in [0, 0.1) is 5.92 Å². The second kappa shape index (κ2) is 7.45. The van der Waals surface area contributed by atoms with Crippen LogP contribution in [0.4, 0.5) is 0 Å². The molecular weight excluding hydrogens is 268 g/mol. The van der Waals surface area contributed by atoms with Gasteiger partial charge in [-0.25, -0.2) is 9.67 Å². The summed E-state index contributed by atoms with van der Waals surface area (Å²) < 4.78 is 2.01. The van der Waals surface area contributed by atoms with E-state index in [2.05, 4.69) is 53.5 Å². The molecule has 1 aromatic carbocycles. The molecule has 2 rings (SSSR count). The predicted octanol–water partition coefficient (Wildman–Crippen LogP) is 2.95. The smallest absolute Gasteiger partial charge is 0.138 e. The standard InChI is InChI=1S/C15H22N4S/c1-12(2)9-19-15(17-11-18-19)10-20-14-6-4-5-13(7-14)8-16-3/h4-7,11-12,16H,8-10H2,1-3H3. The average molecular weight is 290 g/mol. The highest BCUT2D eigenvalue weighted by Crippen LogP contribution is 2.23. The summed E-state index contributed by atoms with van der Waals surface area (Å²) in [6.07, 6.45) is 1.65. The topological polar surface area (TPSA) is 42.7 Å². The zero-order valence-electron chi connectivity index (χ0n) is 12.3. The lowest BCUT2D eigenvalue weighted by molar-refractivity contribution is 0.472. The normalized spacial score (nSPS) is 11.2. The van der Waals surface area contributed by atoms with E-state index in [0.717, 1.165) is 24.7 Å². The number of nitrogens with zero attached hydrogens (tertiary/aromatic N) is 3. The minimum absolute atomic E-state index is 0.583. The molecule has 0 saturated heterocycles. The molecule has 0 atom stereocenters. The Kier molecular flexibility index (Phi) is 5.61. The molecule has 0 aliphatic rings. The number of hydrogen-bond acceptors (Lipinski definition) is 4. The maximum atomic E-state index is 4.36. The quantitative estimate of drug-likeness (QED) is 0.796. The fourth-order valence-electron chi connectivity index (χ4n) is 2.00. The Hall–Kier alpha value is -1.33. The Labute approximate surface area is 125 Å². The summed E-state index contributed by atoms with van der Waals surface area (Å²) in [5.41, 5.74) is 1.31. The van der Waals surface area contributed by atoms with E-state index in [0.29, 0.717) is 5.92 Å². The van der Waals surface area contributed by atoms with E-state index in [9.17, 15) is 0 Å². The van der Waals surface area contributed by atoms with Crippen LogP contribution in [0.3, 0.4) is 0 Å². The summed E-state index contributed by atoms with van der Waals surface area (Å²) in [6.45, 7) is 6.22. The maximum absolute atomic E-state index is 4.36. The molecule has 0 aliphatic carbocycles. The predicted molar refractivity (Wildman–Crippen MR) is 83.6 cm³/mol. The van der Waals surface area contributed by atoms with Crippen molar-refractivity contribution < 1.29 is 0 Å². The van der Waals surface area contributed by atoms with E-state index in [-0.39, 0.29) is 0 Å². The third kappa shape index (κ3) is 4.35. The van der Waals surface area contributed by atoms with Crippen molar-refractivity contribution in [2.45, 2.75) is 37.6 Å². The third-order valence-corrected chi connectivity index (χ3v) is 3.87. The van der Waals surface area contributed by atoms with Gasteiger partial charge in [-0.05, 0) is 30.7 Å². The van der Waals surface area contributed by atoms with Crippen LogP contribution in [0.5, 0.6) is 0 Å². The molecule has 0 saturated carbocycles. The Morgan fingerprint density at radius 3 is 2.95 bits per heavy atom. The van der Waals surface area contributed by atoms with E-state index in [1.807, 2.05) is 23.5 Å². The molecule has 0 aliphatic heterocycles. The molecule has 0 bridgehead atoms. The van der Waals surface area contributed by atoms with Crippen LogP contribution in [0.25, 0.3) is 0 Å². The molecule has 0 fully saturated rings. The summed E-state index contributed by atoms with van der Waals surface area (Å²) in [6, 6.07) is 8.62. The largest absolute Gasteiger partial charge is 0.316 e. The van der Waals surface area contributed by atoms with Crippen molar-refractivity contribution in [2.24, 2.45) is 5.92 Å². The molecule has 0 spiro atoms. The van der Waals surface area contributed by atoms with E-state index in [1.54, 1.807) is 6.33 Å². The Morgan fingerprint density at radius 2 is 2.20 bits per heavy atom. The first kappa shape index (κ1) is 15.1. The van der Waals surface area contributed by atoms with Gasteiger partial charge in [0.15, 0.2) is 0 Å². The molecular formula is C15H22N4S. The van der Waals surface area contributed by atoms with Crippen molar-refractivity contribution in [1.82, 2.24) is 20.1 Å². The van der Waals surface area contributed by atoms with Crippen LogP contribution in [0.1, 0.15) is 25.2 Å². The van der Waals surface area contributed by atoms with Crippen molar-refractivity contribution in [3.8, 4) is 0 Å². The van der Waals surface area contributed by atoms with Crippen LogP contribution in [0.15, 0.2) is 35.5 Å². The number of hydrogen-bond donors (Lipinski definition) is 1. The summed E-state index contributed by atoms with van der Waals surface area (Å²) >= 11 is 1.81. The lowest BCUT2D eigenvalue weighted by Crippen LogP contribution is -2.09. The molecule has 0 amide bonds. The molecule has 2 aromatic rings. The van der Waals surface area contributed by atoms with Crippen molar-refractivity contribution in [3.05, 3.63) is 42.0 Å². The number of benzene rings is 1. The molecule has 20 heavy (non-hydrogen) atoms. The van der Waals surface area contributed by atoms with E-state index in [1.165, 1.54) is 10.5 Å². The Morgan fingerprint density at radius 1 is 1.35 bits per heavy atom. The lowest BCUT2D eigenvalue weighted by atomic mass is 10.2. The van der Waals surface area contributed by atoms with Crippen LogP contribution < -0.4 is 5.32 Å². The highest BCUT2D eigenvalue weighted by molar-refractivity contribution is 7.98. The third-order valence-electron chi connectivity index (χ3n) is 2.88. The van der Waals surface area contributed by atoms with Gasteiger partial charge in [-0.1, -0.05) is 26.0 Å². The number of rotatable bonds is 7. The van der Waals surface area contributed by atoms with Crippen molar-refractivity contribution >= 4 is 11.8 Å². The van der Waals surface area contributed by atoms with Crippen LogP contribution in [0.2, 0.25) is 0 Å². The fourth-order valence-corrected chi connectivity index (χ4v) is 2.92. The Balaban J connectivity index is 1.98. The van der Waals surface area contributed by atoms with Gasteiger partial charge in [0.05, 0.1) is 5.75 Å². The first-order chi connectivity index (χ1) is 9.69. The van der Waals surface area contributed by atoms with Gasteiger partial charge in [-0.3, -0.25) is 0 Å². The average Bonchev–Trinajstić information content (AvgIpc) is 2.84. The molecule has 108 valence electrons. The first-order valence-corrected chi connectivity index (χ1v) is 7.90. The van der Waals surface area contributed by atoms with Gasteiger partial charge >= 0.3 is 0 Å². The highest BCUT2D eigenvalue weighted by atomic mass is 32.2. The van der Waals surface area contributed by atoms with Crippen LogP contribution >= 0.6 is 11.8 Å². The second-order valence-corrected chi connectivity index (χ2v) is 6.27. The monoisotopic (exact) mass is 290 g/mol. The lowest BCUT2D eigenvalue weighted by Gasteiger charge is -2.09. The summed E-state index contributed by atoms with van der Waals surface area (Å²) in [4.78, 5) is 5.64. The minimum atomic E-state index is 0.583. The van der Waals surface area contributed by atoms with E-state index >= 15 is 0 Å². The van der Waals surface area contributed by atoms with Gasteiger partial charge < -0.3 is 5.32 Å². The van der Waals surface area contributed by atoms with Gasteiger partial charge in [-0.2, -0.15) is 5.10 Å². The molecule has 0 unspecified atom stereocenters. The van der Waals surface area contributed by atoms with Crippen molar-refractivity contribution in [2.75, 3.05) is 7.05 Å². The zero-order valence-corrected chi connectivity index (χ0v) is 13.2. The SMILES string of the molecule is CNCc1cccc(SCc2ncnn2CC(C)C)c1. The number of aromatic nitrogens is 3. The Bertz CT molecular complexity index is 536. The highest BCUT2D eigenvalue weighted by Gasteiger charge is 2.07. The molecule has 4 nitrogen and oxygen atoms in total. The second-order valence-electron chi connectivity index (χ2n) is 5.22. The molecule has 1 N–H and O–H groups in total. The van der Waals surface area contributed by atoms with Crippen LogP contribution in [-0.2, 0) is 18.8 Å². The van der Waals surface area contributed by atoms with Crippen molar-refractivity contribution in [3.63, 3.8) is 0 Å². The zero-order chi connectivity index (χ0) is 14.4. The van der Waals surface area contributed by atoms with Gasteiger partial charge in [0.2, 0.25) is 0 Å². The summed E-state index contributed by atoms with van der Waals surface area (Å²) in [7, 11) is 1.97. The molecule has 0 radical (unpaired) electrons. The molecule has 1 aromatic heterocycles. The van der Waals surface area contributed by atoms with Crippen LogP contribution in [-0.4, -0.2) is 21.8 Å². The fraction of sp³-hybridized carbons (Fsp3) is 0.467. The van der Waals surface area contributed by atoms with Gasteiger partial charge in [0.25, 0.3) is 0 Å². The molecule has 1 heterocycles. The number of thioether (sulfide) groups is 1. The molecule has 5 heteroatoms. The van der Waals surface area contributed by atoms with Crippen molar-refractivity contribution in [1.29, 1.82) is 0 Å². The van der Waals surface area contributed by atoms with Gasteiger partial charge in [0, 0.05) is 18.0 Å². The summed E-state index contributed by atoms with van der Waals surface area (Å²) in [5.74, 6) is 2.48.